The number of Topliss-reactive ketones (excluding diaryl/α,β-unsaturated/α-hetero) is 1. The Morgan fingerprint density at radius 1 is 0.528 bits per heavy atom. The van der Waals surface area contributed by atoms with Crippen LogP contribution in [0.3, 0.4) is 0 Å². The molecule has 0 aliphatic heterocycles. The molecule has 0 bridgehead atoms. The minimum Gasteiger partial charge on any atom is -0.494 e. The molecule has 2 aromatic rings. The Bertz CT molecular complexity index is 1000. The number of benzene rings is 2. The Hall–Kier alpha value is -3.97. The zero-order chi connectivity index (χ0) is 26.3. The van der Waals surface area contributed by atoms with Crippen LogP contribution >= 0.6 is 0 Å². The quantitative estimate of drug-likeness (QED) is 0.382. The van der Waals surface area contributed by atoms with Gasteiger partial charge in [-0.05, 0) is 65.2 Å². The van der Waals surface area contributed by atoms with Crippen LogP contribution in [0.1, 0.15) is 52.7 Å². The highest BCUT2D eigenvalue weighted by molar-refractivity contribution is 6.09. The van der Waals surface area contributed by atoms with Crippen LogP contribution in [0.4, 0.5) is 0 Å². The van der Waals surface area contributed by atoms with Gasteiger partial charge in [-0.15, -0.1) is 0 Å². The third-order valence-electron chi connectivity index (χ3n) is 4.50. The molecule has 2 aromatic carbocycles. The summed E-state index contributed by atoms with van der Waals surface area (Å²) >= 11 is 0. The van der Waals surface area contributed by atoms with Crippen molar-refractivity contribution in [3.63, 3.8) is 0 Å². The first-order valence-corrected chi connectivity index (χ1v) is 12.2. The summed E-state index contributed by atoms with van der Waals surface area (Å²) in [4.78, 5) is 12.6. The van der Waals surface area contributed by atoms with Crippen LogP contribution in [0.15, 0.2) is 24.3 Å². The highest BCUT2D eigenvalue weighted by Crippen LogP contribution is 2.35. The molecule has 0 atom stereocenters. The Balaban J connectivity index is 2.48. The summed E-state index contributed by atoms with van der Waals surface area (Å²) in [7, 11) is 0. The Kier molecular flexibility index (Phi) is 11.9. The largest absolute Gasteiger partial charge is 0.494 e. The second kappa shape index (κ2) is 15.1. The summed E-state index contributed by atoms with van der Waals surface area (Å²) in [5.41, 5.74) is 0.923. The van der Waals surface area contributed by atoms with E-state index < -0.39 is 5.78 Å². The maximum Gasteiger partial charge on any atom is 0.279 e. The maximum absolute atomic E-state index is 12.6. The highest BCUT2D eigenvalue weighted by Gasteiger charge is 2.14. The lowest BCUT2D eigenvalue weighted by Crippen LogP contribution is -2.02. The molecule has 192 valence electrons. The van der Waals surface area contributed by atoms with Gasteiger partial charge in [0.25, 0.3) is 5.78 Å². The average molecular weight is 495 g/mol. The second-order valence-corrected chi connectivity index (χ2v) is 7.02. The van der Waals surface area contributed by atoms with Crippen molar-refractivity contribution in [1.82, 2.24) is 0 Å². The van der Waals surface area contributed by atoms with Crippen molar-refractivity contribution in [2.24, 2.45) is 0 Å². The first-order valence-electron chi connectivity index (χ1n) is 12.2. The number of carbonyl (C=O) groups is 1. The Labute approximate surface area is 214 Å². The number of rotatable bonds is 12. The lowest BCUT2D eigenvalue weighted by atomic mass is 10.1. The Morgan fingerprint density at radius 3 is 1.06 bits per heavy atom. The van der Waals surface area contributed by atoms with Crippen molar-refractivity contribution in [3.8, 4) is 58.2 Å². The van der Waals surface area contributed by atoms with Crippen LogP contribution in [0.25, 0.3) is 0 Å². The number of ether oxygens (including phenoxy) is 6. The fraction of sp³-hybridized carbons (Fsp3) is 0.414. The lowest BCUT2D eigenvalue weighted by Gasteiger charge is -2.14. The zero-order valence-electron chi connectivity index (χ0n) is 21.9. The van der Waals surface area contributed by atoms with Gasteiger partial charge in [0, 0.05) is 24.3 Å². The first kappa shape index (κ1) is 28.3. The first-order chi connectivity index (χ1) is 17.5. The molecular formula is C29H34O7. The molecule has 0 N–H and O–H groups in total. The van der Waals surface area contributed by atoms with E-state index >= 15 is 0 Å². The molecule has 0 saturated heterocycles. The standard InChI is InChI=1S/C29H34O7/c1-7-31-22-17-26(33-9-3)24(27(18-22)34-10-4)15-13-21(30)14-16-25-28(35-11-5)19-23(32-8-2)20-29(25)36-12-6/h17-20H,7-12H2,1-6H3. The van der Waals surface area contributed by atoms with E-state index in [1.807, 2.05) is 41.5 Å². The summed E-state index contributed by atoms with van der Waals surface area (Å²) in [5, 5.41) is 0. The van der Waals surface area contributed by atoms with Crippen molar-refractivity contribution in [2.75, 3.05) is 39.6 Å². The van der Waals surface area contributed by atoms with Gasteiger partial charge in [-0.3, -0.25) is 4.79 Å². The predicted molar refractivity (Wildman–Crippen MR) is 139 cm³/mol. The lowest BCUT2D eigenvalue weighted by molar-refractivity contribution is -0.108. The molecule has 0 radical (unpaired) electrons. The normalized spacial score (nSPS) is 9.72. The summed E-state index contributed by atoms with van der Waals surface area (Å²) < 4.78 is 34.1. The third-order valence-corrected chi connectivity index (χ3v) is 4.50. The average Bonchev–Trinajstić information content (AvgIpc) is 2.84. The van der Waals surface area contributed by atoms with Crippen LogP contribution in [0.2, 0.25) is 0 Å². The van der Waals surface area contributed by atoms with Gasteiger partial charge < -0.3 is 28.4 Å². The van der Waals surface area contributed by atoms with Crippen molar-refractivity contribution < 1.29 is 33.2 Å². The number of hydrogen-bond acceptors (Lipinski definition) is 7. The van der Waals surface area contributed by atoms with E-state index in [1.54, 1.807) is 24.3 Å². The molecule has 36 heavy (non-hydrogen) atoms. The molecular weight excluding hydrogens is 460 g/mol. The SMILES string of the molecule is CCOc1cc(OCC)c(C#CC(=O)C#Cc2c(OCC)cc(OCC)cc2OCC)c(OCC)c1. The van der Waals surface area contributed by atoms with Crippen molar-refractivity contribution >= 4 is 5.78 Å². The van der Waals surface area contributed by atoms with Crippen LogP contribution in [0.5, 0.6) is 34.5 Å². The maximum atomic E-state index is 12.6. The summed E-state index contributed by atoms with van der Waals surface area (Å²) in [6.07, 6.45) is 0. The van der Waals surface area contributed by atoms with Gasteiger partial charge in [0.1, 0.15) is 45.6 Å². The van der Waals surface area contributed by atoms with E-state index in [1.165, 1.54) is 0 Å². The Morgan fingerprint density at radius 2 is 0.806 bits per heavy atom. The highest BCUT2D eigenvalue weighted by atomic mass is 16.5. The molecule has 2 rings (SSSR count). The fourth-order valence-electron chi connectivity index (χ4n) is 3.23. The molecule has 0 aliphatic rings. The fourth-order valence-corrected chi connectivity index (χ4v) is 3.23. The zero-order valence-corrected chi connectivity index (χ0v) is 21.9. The molecule has 0 aromatic heterocycles. The molecule has 0 amide bonds. The van der Waals surface area contributed by atoms with Gasteiger partial charge in [0.2, 0.25) is 0 Å². The van der Waals surface area contributed by atoms with E-state index in [-0.39, 0.29) is 0 Å². The molecule has 0 saturated carbocycles. The summed E-state index contributed by atoms with van der Waals surface area (Å²) in [6.45, 7) is 13.9. The van der Waals surface area contributed by atoms with Crippen molar-refractivity contribution in [1.29, 1.82) is 0 Å². The minimum absolute atomic E-state index is 0.418. The van der Waals surface area contributed by atoms with Crippen LogP contribution in [0, 0.1) is 23.7 Å². The number of hydrogen-bond donors (Lipinski definition) is 0. The molecule has 0 spiro atoms. The van der Waals surface area contributed by atoms with Gasteiger partial charge in [-0.1, -0.05) is 0 Å². The van der Waals surface area contributed by atoms with Crippen LogP contribution < -0.4 is 28.4 Å². The molecule has 7 heteroatoms. The van der Waals surface area contributed by atoms with Crippen LogP contribution in [-0.2, 0) is 4.79 Å². The summed E-state index contributed by atoms with van der Waals surface area (Å²) in [6, 6.07) is 6.94. The smallest absolute Gasteiger partial charge is 0.279 e. The second-order valence-electron chi connectivity index (χ2n) is 7.02. The van der Waals surface area contributed by atoms with E-state index in [0.29, 0.717) is 85.3 Å². The van der Waals surface area contributed by atoms with Gasteiger partial charge in [0.05, 0.1) is 39.6 Å². The molecule has 0 aliphatic carbocycles. The molecule has 7 nitrogen and oxygen atoms in total. The molecule has 0 fully saturated rings. The number of carbonyl (C=O) groups excluding carboxylic acids is 1. The van der Waals surface area contributed by atoms with Gasteiger partial charge in [0.15, 0.2) is 0 Å². The predicted octanol–water partition coefficient (Wildman–Crippen LogP) is 5.05. The molecule has 0 unspecified atom stereocenters. The number of ketones is 1. The van der Waals surface area contributed by atoms with Gasteiger partial charge >= 0.3 is 0 Å². The van der Waals surface area contributed by atoms with Crippen LogP contribution in [-0.4, -0.2) is 45.4 Å². The monoisotopic (exact) mass is 494 g/mol. The van der Waals surface area contributed by atoms with E-state index in [9.17, 15) is 4.79 Å². The van der Waals surface area contributed by atoms with Crippen molar-refractivity contribution in [2.45, 2.75) is 41.5 Å². The van der Waals surface area contributed by atoms with Gasteiger partial charge in [-0.25, -0.2) is 0 Å². The molecule has 0 heterocycles. The van der Waals surface area contributed by atoms with Crippen molar-refractivity contribution in [3.05, 3.63) is 35.4 Å². The van der Waals surface area contributed by atoms with Gasteiger partial charge in [-0.2, -0.15) is 0 Å². The minimum atomic E-state index is -0.576. The topological polar surface area (TPSA) is 72.5 Å². The third kappa shape index (κ3) is 8.06. The van der Waals surface area contributed by atoms with E-state index in [2.05, 4.69) is 23.7 Å². The van der Waals surface area contributed by atoms with E-state index in [0.717, 1.165) is 0 Å². The summed E-state index contributed by atoms with van der Waals surface area (Å²) in [5.74, 6) is 13.4. The van der Waals surface area contributed by atoms with E-state index in [4.69, 9.17) is 28.4 Å².